The summed E-state index contributed by atoms with van der Waals surface area (Å²) in [4.78, 5) is 26.8. The number of hydrogen-bond donors (Lipinski definition) is 2. The van der Waals surface area contributed by atoms with Gasteiger partial charge in [0.2, 0.25) is 5.91 Å². The van der Waals surface area contributed by atoms with Gasteiger partial charge in [-0.25, -0.2) is 17.6 Å². The molecule has 3 amide bonds. The normalized spacial score (nSPS) is 16.1. The van der Waals surface area contributed by atoms with Crippen molar-refractivity contribution in [2.45, 2.75) is 30.1 Å². The lowest BCUT2D eigenvalue weighted by Gasteiger charge is -2.33. The summed E-state index contributed by atoms with van der Waals surface area (Å²) in [6, 6.07) is 13.0. The molecule has 8 nitrogen and oxygen atoms in total. The minimum Gasteiger partial charge on any atom is -0.406 e. The van der Waals surface area contributed by atoms with Gasteiger partial charge in [-0.05, 0) is 60.9 Å². The Balaban J connectivity index is 1.45. The lowest BCUT2D eigenvalue weighted by Crippen LogP contribution is -2.53. The summed E-state index contributed by atoms with van der Waals surface area (Å²) < 4.78 is 80.2. The molecule has 2 N–H and O–H groups in total. The van der Waals surface area contributed by atoms with Crippen LogP contribution in [0.25, 0.3) is 11.1 Å². The number of nitrogens with one attached hydrogen (secondary N) is 2. The van der Waals surface area contributed by atoms with E-state index < -0.39 is 45.7 Å². The molecule has 3 aromatic carbocycles. The average Bonchev–Trinajstić information content (AvgIpc) is 2.85. The van der Waals surface area contributed by atoms with Crippen LogP contribution in [-0.2, 0) is 14.6 Å². The first-order valence-electron chi connectivity index (χ1n) is 11.7. The summed E-state index contributed by atoms with van der Waals surface area (Å²) in [6.07, 6.45) is -3.04. The van der Waals surface area contributed by atoms with Gasteiger partial charge >= 0.3 is 12.4 Å². The van der Waals surface area contributed by atoms with Gasteiger partial charge in [-0.2, -0.15) is 0 Å². The van der Waals surface area contributed by atoms with E-state index in [1.807, 2.05) is 0 Å². The fourth-order valence-corrected chi connectivity index (χ4v) is 5.15. The number of piperidine rings is 1. The van der Waals surface area contributed by atoms with Crippen molar-refractivity contribution in [3.63, 3.8) is 0 Å². The van der Waals surface area contributed by atoms with E-state index in [2.05, 4.69) is 15.4 Å². The maximum Gasteiger partial charge on any atom is 0.573 e. The minimum absolute atomic E-state index is 0.0206. The lowest BCUT2D eigenvalue weighted by molar-refractivity contribution is -0.274. The molecule has 4 rings (SSSR count). The van der Waals surface area contributed by atoms with E-state index in [0.29, 0.717) is 24.0 Å². The molecule has 0 aliphatic carbocycles. The zero-order valence-electron chi connectivity index (χ0n) is 20.5. The molecule has 39 heavy (non-hydrogen) atoms. The smallest absolute Gasteiger partial charge is 0.406 e. The van der Waals surface area contributed by atoms with Gasteiger partial charge in [-0.15, -0.1) is 13.2 Å². The van der Waals surface area contributed by atoms with Crippen LogP contribution in [0, 0.1) is 5.82 Å². The van der Waals surface area contributed by atoms with E-state index in [0.717, 1.165) is 24.5 Å². The number of anilines is 2. The molecule has 1 aliphatic heterocycles. The van der Waals surface area contributed by atoms with E-state index in [1.54, 1.807) is 18.2 Å². The van der Waals surface area contributed by atoms with E-state index >= 15 is 4.39 Å². The first-order valence-corrected chi connectivity index (χ1v) is 13.5. The highest BCUT2D eigenvalue weighted by molar-refractivity contribution is 7.90. The maximum atomic E-state index is 15.2. The molecule has 13 heteroatoms. The van der Waals surface area contributed by atoms with Gasteiger partial charge in [0.15, 0.2) is 9.84 Å². The van der Waals surface area contributed by atoms with E-state index in [-0.39, 0.29) is 22.8 Å². The number of rotatable bonds is 6. The van der Waals surface area contributed by atoms with Crippen molar-refractivity contribution in [1.82, 2.24) is 5.32 Å². The predicted molar refractivity (Wildman–Crippen MR) is 136 cm³/mol. The number of nitrogens with zero attached hydrogens (tertiary/aromatic N) is 1. The summed E-state index contributed by atoms with van der Waals surface area (Å²) in [6.45, 7) is 0.204. The Hall–Kier alpha value is -4.13. The summed E-state index contributed by atoms with van der Waals surface area (Å²) in [7, 11) is -3.57. The van der Waals surface area contributed by atoms with Gasteiger partial charge in [0, 0.05) is 24.1 Å². The molecule has 1 unspecified atom stereocenters. The summed E-state index contributed by atoms with van der Waals surface area (Å²) in [5.74, 6) is -1.75. The van der Waals surface area contributed by atoms with Gasteiger partial charge in [0.05, 0.1) is 10.6 Å². The Kier molecular flexibility index (Phi) is 7.82. The molecule has 0 aromatic heterocycles. The fraction of sp³-hybridized carbons (Fsp3) is 0.231. The first-order chi connectivity index (χ1) is 18.3. The highest BCUT2D eigenvalue weighted by Crippen LogP contribution is 2.32. The Morgan fingerprint density at radius 1 is 1.05 bits per heavy atom. The van der Waals surface area contributed by atoms with Crippen molar-refractivity contribution >= 4 is 33.2 Å². The van der Waals surface area contributed by atoms with Crippen LogP contribution in [-0.4, -0.2) is 45.6 Å². The Bertz CT molecular complexity index is 1490. The number of sulfone groups is 1. The molecule has 0 saturated carbocycles. The number of hydrogen-bond acceptors (Lipinski definition) is 5. The monoisotopic (exact) mass is 565 g/mol. The zero-order valence-corrected chi connectivity index (χ0v) is 21.3. The number of ether oxygens (including phenoxy) is 1. The number of carbonyl (C=O) groups excluding carboxylic acids is 2. The topological polar surface area (TPSA) is 105 Å². The maximum absolute atomic E-state index is 15.2. The van der Waals surface area contributed by atoms with Crippen LogP contribution >= 0.6 is 0 Å². The highest BCUT2D eigenvalue weighted by atomic mass is 32.2. The molecule has 1 aliphatic rings. The quantitative estimate of drug-likeness (QED) is 0.404. The van der Waals surface area contributed by atoms with Gasteiger partial charge in [0.1, 0.15) is 17.6 Å². The van der Waals surface area contributed by atoms with Crippen LogP contribution in [0.15, 0.2) is 71.6 Å². The molecule has 3 aromatic rings. The third-order valence-electron chi connectivity index (χ3n) is 5.93. The van der Waals surface area contributed by atoms with Gasteiger partial charge < -0.3 is 20.3 Å². The predicted octanol–water partition coefficient (Wildman–Crippen LogP) is 5.11. The van der Waals surface area contributed by atoms with Gasteiger partial charge in [0.25, 0.3) is 0 Å². The van der Waals surface area contributed by atoms with Crippen LogP contribution in [0.5, 0.6) is 5.75 Å². The standard InChI is InChI=1S/C26H23F4N3O5S/c1-39(36,37)23-7-3-2-5-19(23)16-8-13-22(20(27)15-16)33-14-4-6-21(24(33)34)32-25(35)31-17-9-11-18(12-10-17)38-26(28,29)30/h2-3,5,7-13,15,21H,4,6,14H2,1H3,(H2,31,32,35). The second-order valence-electron chi connectivity index (χ2n) is 8.79. The van der Waals surface area contributed by atoms with Crippen molar-refractivity contribution in [2.24, 2.45) is 0 Å². The molecule has 0 bridgehead atoms. The molecule has 206 valence electrons. The van der Waals surface area contributed by atoms with Crippen LogP contribution < -0.4 is 20.3 Å². The third kappa shape index (κ3) is 6.85. The Morgan fingerprint density at radius 2 is 1.74 bits per heavy atom. The molecule has 0 radical (unpaired) electrons. The SMILES string of the molecule is CS(=O)(=O)c1ccccc1-c1ccc(N2CCCC(NC(=O)Nc3ccc(OC(F)(F)F)cc3)C2=O)c(F)c1. The van der Waals surface area contributed by atoms with Crippen molar-refractivity contribution in [1.29, 1.82) is 0 Å². The van der Waals surface area contributed by atoms with E-state index in [9.17, 15) is 31.2 Å². The second kappa shape index (κ2) is 10.9. The fourth-order valence-electron chi connectivity index (χ4n) is 4.24. The molecule has 1 heterocycles. The number of carbonyl (C=O) groups is 2. The van der Waals surface area contributed by atoms with E-state index in [1.165, 1.54) is 35.2 Å². The number of benzene rings is 3. The molecular formula is C26H23F4N3O5S. The van der Waals surface area contributed by atoms with Gasteiger partial charge in [-0.1, -0.05) is 24.3 Å². The molecule has 1 saturated heterocycles. The number of halogens is 4. The van der Waals surface area contributed by atoms with Crippen LogP contribution in [0.3, 0.4) is 0 Å². The van der Waals surface area contributed by atoms with E-state index in [4.69, 9.17) is 0 Å². The number of alkyl halides is 3. The molecule has 0 spiro atoms. The molecular weight excluding hydrogens is 542 g/mol. The largest absolute Gasteiger partial charge is 0.573 e. The highest BCUT2D eigenvalue weighted by Gasteiger charge is 2.33. The van der Waals surface area contributed by atoms with Crippen molar-refractivity contribution < 1.29 is 40.3 Å². The van der Waals surface area contributed by atoms with Crippen molar-refractivity contribution in [2.75, 3.05) is 23.0 Å². The molecule has 1 atom stereocenters. The molecule has 1 fully saturated rings. The summed E-state index contributed by atoms with van der Waals surface area (Å²) in [5, 5.41) is 4.94. The lowest BCUT2D eigenvalue weighted by atomic mass is 10.0. The van der Waals surface area contributed by atoms with Crippen LogP contribution in [0.1, 0.15) is 12.8 Å². The number of urea groups is 1. The first kappa shape index (κ1) is 27.9. The summed E-state index contributed by atoms with van der Waals surface area (Å²) >= 11 is 0. The van der Waals surface area contributed by atoms with Crippen LogP contribution in [0.4, 0.5) is 33.7 Å². The Morgan fingerprint density at radius 3 is 2.38 bits per heavy atom. The minimum atomic E-state index is -4.85. The van der Waals surface area contributed by atoms with Crippen LogP contribution in [0.2, 0.25) is 0 Å². The Labute approximate surface area is 221 Å². The third-order valence-corrected chi connectivity index (χ3v) is 7.08. The summed E-state index contributed by atoms with van der Waals surface area (Å²) in [5.41, 5.74) is 0.790. The zero-order chi connectivity index (χ0) is 28.4. The average molecular weight is 566 g/mol. The number of amides is 3. The van der Waals surface area contributed by atoms with Crippen molar-refractivity contribution in [3.05, 3.63) is 72.5 Å². The second-order valence-corrected chi connectivity index (χ2v) is 10.8. The van der Waals surface area contributed by atoms with Gasteiger partial charge in [-0.3, -0.25) is 4.79 Å². The van der Waals surface area contributed by atoms with Crippen molar-refractivity contribution in [3.8, 4) is 16.9 Å².